The summed E-state index contributed by atoms with van der Waals surface area (Å²) in [4.78, 5) is 4.94. The summed E-state index contributed by atoms with van der Waals surface area (Å²) in [6.45, 7) is 4.26. The van der Waals surface area contributed by atoms with E-state index in [1.165, 1.54) is 32.8 Å². The minimum atomic E-state index is 1.04. The maximum atomic E-state index is 4.94. The zero-order valence-electron chi connectivity index (χ0n) is 12.8. The monoisotopic (exact) mass is 283 g/mol. The van der Waals surface area contributed by atoms with Crippen LogP contribution in [0.25, 0.3) is 32.9 Å². The Morgan fingerprint density at radius 2 is 1.55 bits per heavy atom. The largest absolute Gasteiger partial charge is 0.247 e. The van der Waals surface area contributed by atoms with Gasteiger partial charge in [0.1, 0.15) is 0 Å². The molecule has 0 saturated heterocycles. The molecule has 0 aliphatic heterocycles. The molecular formula is C21H17N. The van der Waals surface area contributed by atoms with Gasteiger partial charge in [0.05, 0.1) is 11.2 Å². The first-order valence-electron chi connectivity index (χ1n) is 7.58. The van der Waals surface area contributed by atoms with Crippen LogP contribution in [-0.4, -0.2) is 4.98 Å². The molecule has 0 amide bonds. The Labute approximate surface area is 130 Å². The van der Waals surface area contributed by atoms with Gasteiger partial charge in [0.25, 0.3) is 0 Å². The molecule has 0 fully saturated rings. The van der Waals surface area contributed by atoms with Crippen LogP contribution in [0.5, 0.6) is 0 Å². The molecule has 0 N–H and O–H groups in total. The fourth-order valence-electron chi connectivity index (χ4n) is 3.20. The molecule has 22 heavy (non-hydrogen) atoms. The highest BCUT2D eigenvalue weighted by Gasteiger charge is 2.07. The quantitative estimate of drug-likeness (QED) is 0.438. The number of pyridine rings is 1. The Morgan fingerprint density at radius 3 is 2.45 bits per heavy atom. The van der Waals surface area contributed by atoms with Gasteiger partial charge in [-0.2, -0.15) is 0 Å². The predicted octanol–water partition coefficient (Wildman–Crippen LogP) is 5.67. The minimum absolute atomic E-state index is 1.04. The summed E-state index contributed by atoms with van der Waals surface area (Å²) in [5, 5.41) is 3.71. The Bertz CT molecular complexity index is 994. The van der Waals surface area contributed by atoms with E-state index < -0.39 is 0 Å². The number of aromatic nitrogens is 1. The Hall–Kier alpha value is -2.67. The lowest BCUT2D eigenvalue weighted by atomic mass is 10.0. The van der Waals surface area contributed by atoms with E-state index in [1.807, 2.05) is 0 Å². The summed E-state index contributed by atoms with van der Waals surface area (Å²) in [5.41, 5.74) is 5.84. The van der Waals surface area contributed by atoms with Gasteiger partial charge in [-0.25, -0.2) is 4.98 Å². The third-order valence-corrected chi connectivity index (χ3v) is 4.19. The standard InChI is InChI=1S/C21H17N/c1-14-12-15(2)21-17(13-14)10-11-20(22-21)19-9-5-7-16-6-3-4-8-18(16)19/h3-13H,1-2H3. The third kappa shape index (κ3) is 2.06. The molecule has 0 aliphatic carbocycles. The summed E-state index contributed by atoms with van der Waals surface area (Å²) in [7, 11) is 0. The molecule has 0 unspecified atom stereocenters. The summed E-state index contributed by atoms with van der Waals surface area (Å²) in [6.07, 6.45) is 0. The molecule has 0 spiro atoms. The van der Waals surface area contributed by atoms with Crippen LogP contribution in [0.1, 0.15) is 11.1 Å². The van der Waals surface area contributed by atoms with E-state index in [9.17, 15) is 0 Å². The maximum absolute atomic E-state index is 4.94. The Balaban J connectivity index is 2.01. The maximum Gasteiger partial charge on any atom is 0.0738 e. The minimum Gasteiger partial charge on any atom is -0.247 e. The molecule has 1 nitrogen and oxygen atoms in total. The first-order chi connectivity index (χ1) is 10.7. The second-order valence-electron chi connectivity index (χ2n) is 5.88. The second-order valence-corrected chi connectivity index (χ2v) is 5.88. The number of hydrogen-bond donors (Lipinski definition) is 0. The Morgan fingerprint density at radius 1 is 0.727 bits per heavy atom. The summed E-state index contributed by atoms with van der Waals surface area (Å²) >= 11 is 0. The second kappa shape index (κ2) is 4.96. The van der Waals surface area contributed by atoms with E-state index in [0.717, 1.165) is 11.2 Å². The lowest BCUT2D eigenvalue weighted by Gasteiger charge is -2.09. The molecule has 1 heterocycles. The summed E-state index contributed by atoms with van der Waals surface area (Å²) < 4.78 is 0. The zero-order valence-corrected chi connectivity index (χ0v) is 12.8. The molecule has 0 saturated carbocycles. The number of nitrogens with zero attached hydrogens (tertiary/aromatic N) is 1. The van der Waals surface area contributed by atoms with Gasteiger partial charge >= 0.3 is 0 Å². The normalized spacial score (nSPS) is 11.2. The predicted molar refractivity (Wildman–Crippen MR) is 94.2 cm³/mol. The van der Waals surface area contributed by atoms with Gasteiger partial charge in [-0.05, 0) is 42.3 Å². The van der Waals surface area contributed by atoms with Crippen LogP contribution in [0, 0.1) is 13.8 Å². The van der Waals surface area contributed by atoms with Gasteiger partial charge in [-0.1, -0.05) is 60.2 Å². The van der Waals surface area contributed by atoms with Gasteiger partial charge in [-0.15, -0.1) is 0 Å². The van der Waals surface area contributed by atoms with Crippen LogP contribution >= 0.6 is 0 Å². The van der Waals surface area contributed by atoms with E-state index in [2.05, 4.69) is 80.6 Å². The van der Waals surface area contributed by atoms with E-state index in [-0.39, 0.29) is 0 Å². The molecule has 106 valence electrons. The number of hydrogen-bond acceptors (Lipinski definition) is 1. The fourth-order valence-corrected chi connectivity index (χ4v) is 3.20. The average Bonchev–Trinajstić information content (AvgIpc) is 2.54. The van der Waals surface area contributed by atoms with E-state index in [4.69, 9.17) is 4.98 Å². The lowest BCUT2D eigenvalue weighted by molar-refractivity contribution is 1.34. The lowest BCUT2D eigenvalue weighted by Crippen LogP contribution is -1.90. The van der Waals surface area contributed by atoms with Crippen LogP contribution in [0.4, 0.5) is 0 Å². The van der Waals surface area contributed by atoms with Crippen molar-refractivity contribution < 1.29 is 0 Å². The van der Waals surface area contributed by atoms with Gasteiger partial charge in [-0.3, -0.25) is 0 Å². The molecule has 0 atom stereocenters. The highest BCUT2D eigenvalue weighted by Crippen LogP contribution is 2.29. The molecule has 4 rings (SSSR count). The number of benzene rings is 3. The molecule has 3 aromatic carbocycles. The van der Waals surface area contributed by atoms with Gasteiger partial charge in [0.2, 0.25) is 0 Å². The van der Waals surface area contributed by atoms with Crippen molar-refractivity contribution in [3.8, 4) is 11.3 Å². The van der Waals surface area contributed by atoms with Gasteiger partial charge in [0.15, 0.2) is 0 Å². The topological polar surface area (TPSA) is 12.9 Å². The third-order valence-electron chi connectivity index (χ3n) is 4.19. The Kier molecular flexibility index (Phi) is 2.93. The van der Waals surface area contributed by atoms with Crippen LogP contribution in [0.3, 0.4) is 0 Å². The van der Waals surface area contributed by atoms with Crippen LogP contribution in [-0.2, 0) is 0 Å². The van der Waals surface area contributed by atoms with Crippen LogP contribution in [0.2, 0.25) is 0 Å². The smallest absolute Gasteiger partial charge is 0.0738 e. The van der Waals surface area contributed by atoms with Crippen LogP contribution in [0.15, 0.2) is 66.7 Å². The number of rotatable bonds is 1. The highest BCUT2D eigenvalue weighted by molar-refractivity contribution is 5.97. The molecule has 0 aliphatic rings. The van der Waals surface area contributed by atoms with E-state index in [1.54, 1.807) is 0 Å². The van der Waals surface area contributed by atoms with E-state index in [0.29, 0.717) is 0 Å². The molecular weight excluding hydrogens is 266 g/mol. The number of fused-ring (bicyclic) bond motifs is 2. The van der Waals surface area contributed by atoms with Crippen molar-refractivity contribution >= 4 is 21.7 Å². The van der Waals surface area contributed by atoms with Crippen molar-refractivity contribution in [2.45, 2.75) is 13.8 Å². The molecule has 4 aromatic rings. The number of aryl methyl sites for hydroxylation is 2. The fraction of sp³-hybridized carbons (Fsp3) is 0.0952. The van der Waals surface area contributed by atoms with E-state index >= 15 is 0 Å². The zero-order chi connectivity index (χ0) is 15.1. The van der Waals surface area contributed by atoms with Crippen molar-refractivity contribution in [1.29, 1.82) is 0 Å². The first-order valence-corrected chi connectivity index (χ1v) is 7.58. The molecule has 0 bridgehead atoms. The first kappa shape index (κ1) is 13.0. The summed E-state index contributed by atoms with van der Waals surface area (Å²) in [6, 6.07) is 23.6. The SMILES string of the molecule is Cc1cc(C)c2nc(-c3cccc4ccccc34)ccc2c1. The molecule has 1 heteroatoms. The average molecular weight is 283 g/mol. The molecule has 0 radical (unpaired) electrons. The highest BCUT2D eigenvalue weighted by atomic mass is 14.7. The van der Waals surface area contributed by atoms with Gasteiger partial charge in [0, 0.05) is 10.9 Å². The van der Waals surface area contributed by atoms with Crippen molar-refractivity contribution in [2.75, 3.05) is 0 Å². The van der Waals surface area contributed by atoms with Crippen molar-refractivity contribution in [3.05, 3.63) is 77.9 Å². The van der Waals surface area contributed by atoms with Crippen molar-refractivity contribution in [3.63, 3.8) is 0 Å². The van der Waals surface area contributed by atoms with Crippen LogP contribution < -0.4 is 0 Å². The summed E-state index contributed by atoms with van der Waals surface area (Å²) in [5.74, 6) is 0. The van der Waals surface area contributed by atoms with Crippen molar-refractivity contribution in [1.82, 2.24) is 4.98 Å². The van der Waals surface area contributed by atoms with Crippen molar-refractivity contribution in [2.24, 2.45) is 0 Å². The van der Waals surface area contributed by atoms with Gasteiger partial charge < -0.3 is 0 Å². The molecule has 1 aromatic heterocycles.